The van der Waals surface area contributed by atoms with Crippen LogP contribution in [-0.4, -0.2) is 0 Å². The van der Waals surface area contributed by atoms with Gasteiger partial charge >= 0.3 is 0 Å². The second-order valence-electron chi connectivity index (χ2n) is 2.61. The first-order valence-electron chi connectivity index (χ1n) is 3.35. The van der Waals surface area contributed by atoms with Crippen LogP contribution in [0.15, 0.2) is 12.1 Å². The molecule has 0 nitrogen and oxygen atoms in total. The molecule has 0 heterocycles. The minimum Gasteiger partial charge on any atom is -0.0827 e. The molecule has 0 N–H and O–H groups in total. The second-order valence-corrected chi connectivity index (χ2v) is 5.67. The van der Waals surface area contributed by atoms with Crippen molar-refractivity contribution >= 4 is 58.0 Å². The first kappa shape index (κ1) is 11.7. The highest BCUT2D eigenvalue weighted by Gasteiger charge is 2.27. The maximum atomic E-state index is 5.86. The monoisotopic (exact) mass is 276 g/mol. The number of aryl methyl sites for hydroxylation is 1. The molecule has 1 aromatic carbocycles. The van der Waals surface area contributed by atoms with Crippen molar-refractivity contribution in [2.75, 3.05) is 0 Å². The molecule has 0 saturated carbocycles. The summed E-state index contributed by atoms with van der Waals surface area (Å²) in [4.78, 5) is 0. The average Bonchev–Trinajstić information content (AvgIpc) is 1.94. The predicted molar refractivity (Wildman–Crippen MR) is 60.4 cm³/mol. The van der Waals surface area contributed by atoms with Gasteiger partial charge in [-0.25, -0.2) is 0 Å². The molecular formula is C8H5Cl5. The van der Waals surface area contributed by atoms with Crippen molar-refractivity contribution in [2.24, 2.45) is 0 Å². The van der Waals surface area contributed by atoms with Gasteiger partial charge in [-0.05, 0) is 18.6 Å². The molecule has 0 aliphatic carbocycles. The molecule has 0 saturated heterocycles. The zero-order valence-corrected chi connectivity index (χ0v) is 10.3. The molecule has 5 heteroatoms. The Morgan fingerprint density at radius 3 is 2.08 bits per heavy atom. The molecule has 0 aliphatic heterocycles. The van der Waals surface area contributed by atoms with E-state index in [9.17, 15) is 0 Å². The van der Waals surface area contributed by atoms with Gasteiger partial charge in [-0.1, -0.05) is 64.1 Å². The first-order valence-corrected chi connectivity index (χ1v) is 5.24. The van der Waals surface area contributed by atoms with E-state index in [1.807, 2.05) is 6.92 Å². The summed E-state index contributed by atoms with van der Waals surface area (Å²) in [6.45, 7) is 1.85. The van der Waals surface area contributed by atoms with Crippen LogP contribution >= 0.6 is 58.0 Å². The van der Waals surface area contributed by atoms with Crippen molar-refractivity contribution in [3.8, 4) is 0 Å². The van der Waals surface area contributed by atoms with Crippen LogP contribution in [0.4, 0.5) is 0 Å². The van der Waals surface area contributed by atoms with E-state index in [1.165, 1.54) is 0 Å². The van der Waals surface area contributed by atoms with Gasteiger partial charge in [0, 0.05) is 5.56 Å². The Morgan fingerprint density at radius 2 is 1.62 bits per heavy atom. The number of halogens is 5. The third-order valence-electron chi connectivity index (χ3n) is 1.48. The standard InChI is InChI=1S/C8H5Cl5/c1-4-2-5(8(11,12)13)7(10)6(9)3-4/h2-3H,1H3. The van der Waals surface area contributed by atoms with Crippen LogP contribution in [0, 0.1) is 6.92 Å². The zero-order chi connectivity index (χ0) is 10.2. The summed E-state index contributed by atoms with van der Waals surface area (Å²) in [5.74, 6) is 0. The van der Waals surface area contributed by atoms with Crippen molar-refractivity contribution < 1.29 is 0 Å². The van der Waals surface area contributed by atoms with E-state index in [0.29, 0.717) is 10.6 Å². The minimum absolute atomic E-state index is 0.285. The highest BCUT2D eigenvalue weighted by atomic mass is 35.6. The van der Waals surface area contributed by atoms with E-state index in [2.05, 4.69) is 0 Å². The summed E-state index contributed by atoms with van der Waals surface area (Å²) >= 11 is 28.8. The number of hydrogen-bond donors (Lipinski definition) is 0. The van der Waals surface area contributed by atoms with Crippen LogP contribution in [0.1, 0.15) is 11.1 Å². The Morgan fingerprint density at radius 1 is 1.08 bits per heavy atom. The van der Waals surface area contributed by atoms with E-state index in [-0.39, 0.29) is 5.02 Å². The van der Waals surface area contributed by atoms with Crippen LogP contribution in [0.25, 0.3) is 0 Å². The molecule has 0 aliphatic rings. The average molecular weight is 278 g/mol. The number of benzene rings is 1. The van der Waals surface area contributed by atoms with Crippen LogP contribution in [0.2, 0.25) is 10.0 Å². The fourth-order valence-corrected chi connectivity index (χ4v) is 2.05. The molecule has 1 aromatic rings. The van der Waals surface area contributed by atoms with E-state index >= 15 is 0 Å². The largest absolute Gasteiger partial charge is 0.217 e. The summed E-state index contributed by atoms with van der Waals surface area (Å²) in [6, 6.07) is 3.41. The molecule has 13 heavy (non-hydrogen) atoms. The van der Waals surface area contributed by atoms with Crippen molar-refractivity contribution in [1.29, 1.82) is 0 Å². The highest BCUT2D eigenvalue weighted by Crippen LogP contribution is 2.44. The van der Waals surface area contributed by atoms with Crippen molar-refractivity contribution in [2.45, 2.75) is 10.7 Å². The van der Waals surface area contributed by atoms with Crippen LogP contribution < -0.4 is 0 Å². The van der Waals surface area contributed by atoms with E-state index in [4.69, 9.17) is 58.0 Å². The lowest BCUT2D eigenvalue weighted by Gasteiger charge is -2.14. The Labute approximate surface area is 102 Å². The number of hydrogen-bond acceptors (Lipinski definition) is 0. The van der Waals surface area contributed by atoms with Crippen LogP contribution in [-0.2, 0) is 3.79 Å². The van der Waals surface area contributed by atoms with Gasteiger partial charge in [0.15, 0.2) is 0 Å². The molecule has 0 radical (unpaired) electrons. The van der Waals surface area contributed by atoms with Gasteiger partial charge < -0.3 is 0 Å². The smallest absolute Gasteiger partial charge is 0.0827 e. The number of alkyl halides is 3. The van der Waals surface area contributed by atoms with Gasteiger partial charge in [0.25, 0.3) is 0 Å². The summed E-state index contributed by atoms with van der Waals surface area (Å²) in [5.41, 5.74) is 1.31. The normalized spacial score (nSPS) is 11.8. The first-order chi connectivity index (χ1) is 5.82. The second kappa shape index (κ2) is 4.04. The molecular weight excluding hydrogens is 273 g/mol. The molecule has 0 amide bonds. The van der Waals surface area contributed by atoms with Gasteiger partial charge in [0.2, 0.25) is 3.79 Å². The molecule has 0 fully saturated rings. The van der Waals surface area contributed by atoms with Crippen LogP contribution in [0.3, 0.4) is 0 Å². The van der Waals surface area contributed by atoms with Gasteiger partial charge in [-0.3, -0.25) is 0 Å². The van der Waals surface area contributed by atoms with Crippen LogP contribution in [0.5, 0.6) is 0 Å². The third kappa shape index (κ3) is 2.81. The molecule has 0 unspecified atom stereocenters. The van der Waals surface area contributed by atoms with Crippen molar-refractivity contribution in [1.82, 2.24) is 0 Å². The number of rotatable bonds is 0. The summed E-state index contributed by atoms with van der Waals surface area (Å²) in [5, 5.41) is 0.676. The molecule has 0 spiro atoms. The topological polar surface area (TPSA) is 0 Å². The third-order valence-corrected chi connectivity index (χ3v) is 2.89. The summed E-state index contributed by atoms with van der Waals surface area (Å²) in [7, 11) is 0. The zero-order valence-electron chi connectivity index (χ0n) is 6.54. The Kier molecular flexibility index (Phi) is 3.65. The van der Waals surface area contributed by atoms with Gasteiger partial charge in [0.05, 0.1) is 10.0 Å². The van der Waals surface area contributed by atoms with Gasteiger partial charge in [0.1, 0.15) is 0 Å². The Hall–Kier alpha value is 0.670. The SMILES string of the molecule is Cc1cc(Cl)c(Cl)c(C(Cl)(Cl)Cl)c1. The maximum absolute atomic E-state index is 5.86. The molecule has 0 aromatic heterocycles. The van der Waals surface area contributed by atoms with Crippen molar-refractivity contribution in [3.63, 3.8) is 0 Å². The maximum Gasteiger partial charge on any atom is 0.217 e. The van der Waals surface area contributed by atoms with E-state index < -0.39 is 3.79 Å². The predicted octanol–water partition coefficient (Wildman–Crippen LogP) is 5.13. The minimum atomic E-state index is -1.53. The molecule has 0 atom stereocenters. The fraction of sp³-hybridized carbons (Fsp3) is 0.250. The highest BCUT2D eigenvalue weighted by molar-refractivity contribution is 6.67. The fourth-order valence-electron chi connectivity index (χ4n) is 0.931. The van der Waals surface area contributed by atoms with Crippen molar-refractivity contribution in [3.05, 3.63) is 33.3 Å². The molecule has 1 rings (SSSR count). The lowest BCUT2D eigenvalue weighted by molar-refractivity contribution is 1.22. The summed E-state index contributed by atoms with van der Waals surface area (Å²) < 4.78 is -1.53. The quantitative estimate of drug-likeness (QED) is 0.577. The van der Waals surface area contributed by atoms with Gasteiger partial charge in [-0.2, -0.15) is 0 Å². The van der Waals surface area contributed by atoms with Gasteiger partial charge in [-0.15, -0.1) is 0 Å². The lowest BCUT2D eigenvalue weighted by atomic mass is 10.1. The van der Waals surface area contributed by atoms with E-state index in [1.54, 1.807) is 12.1 Å². The molecule has 72 valence electrons. The Balaban J connectivity index is 3.37. The summed E-state index contributed by atoms with van der Waals surface area (Å²) in [6.07, 6.45) is 0. The Bertz CT molecular complexity index is 326. The lowest BCUT2D eigenvalue weighted by Crippen LogP contribution is -2.01. The molecule has 0 bridgehead atoms. The van der Waals surface area contributed by atoms with E-state index in [0.717, 1.165) is 5.56 Å².